The molecule has 1 N–H and O–H groups in total. The van der Waals surface area contributed by atoms with Crippen molar-refractivity contribution in [3.63, 3.8) is 0 Å². The number of anilines is 1. The largest absolute Gasteiger partial charge is 0.481 e. The van der Waals surface area contributed by atoms with Crippen molar-refractivity contribution in [2.45, 2.75) is 57.0 Å². The van der Waals surface area contributed by atoms with Gasteiger partial charge in [0, 0.05) is 24.6 Å². The summed E-state index contributed by atoms with van der Waals surface area (Å²) in [6.07, 6.45) is 3.33. The van der Waals surface area contributed by atoms with E-state index in [9.17, 15) is 14.7 Å². The Kier molecular flexibility index (Phi) is 6.73. The molecule has 39 heavy (non-hydrogen) atoms. The molecule has 0 aliphatic carbocycles. The number of carbonyl (C=O) groups is 2. The molecule has 1 aromatic heterocycles. The van der Waals surface area contributed by atoms with Gasteiger partial charge in [0.15, 0.2) is 0 Å². The number of hydrogen-bond acceptors (Lipinski definition) is 5. The van der Waals surface area contributed by atoms with E-state index in [1.54, 1.807) is 4.90 Å². The number of imidazole rings is 1. The van der Waals surface area contributed by atoms with Crippen molar-refractivity contribution in [2.24, 2.45) is 0 Å². The average Bonchev–Trinajstić information content (AvgIpc) is 3.34. The molecule has 0 radical (unpaired) electrons. The number of carbonyl (C=O) groups excluding carboxylic acids is 1. The molecule has 0 bridgehead atoms. The maximum Gasteiger partial charge on any atom is 0.414 e. The molecule has 3 aromatic carbocycles. The van der Waals surface area contributed by atoms with Crippen molar-refractivity contribution < 1.29 is 24.2 Å². The molecule has 1 saturated heterocycles. The number of benzene rings is 3. The van der Waals surface area contributed by atoms with Crippen LogP contribution in [-0.4, -0.2) is 53.1 Å². The molecule has 3 atom stereocenters. The first kappa shape index (κ1) is 25.4. The van der Waals surface area contributed by atoms with Crippen molar-refractivity contribution in [1.82, 2.24) is 9.55 Å². The Bertz CT molecular complexity index is 1550. The SMILES string of the molecule is COC(=O)N1c2ccc3c(nc(CC(C(=O)O)c4ccc5ccccc5c4)n3C3CCCOC3)c2CCC1C. The van der Waals surface area contributed by atoms with Crippen molar-refractivity contribution in [3.05, 3.63) is 71.5 Å². The highest BCUT2D eigenvalue weighted by Gasteiger charge is 2.33. The molecule has 202 valence electrons. The Balaban J connectivity index is 1.48. The molecule has 0 spiro atoms. The minimum atomic E-state index is -0.878. The van der Waals surface area contributed by atoms with E-state index in [0.717, 1.165) is 76.7 Å². The average molecular weight is 528 g/mol. The summed E-state index contributed by atoms with van der Waals surface area (Å²) in [4.78, 5) is 32.1. The third kappa shape index (κ3) is 4.52. The van der Waals surface area contributed by atoms with Crippen LogP contribution in [-0.2, 0) is 27.1 Å². The maximum atomic E-state index is 12.7. The van der Waals surface area contributed by atoms with Gasteiger partial charge in [-0.05, 0) is 61.1 Å². The Morgan fingerprint density at radius 1 is 1.13 bits per heavy atom. The number of amides is 1. The molecule has 2 aliphatic heterocycles. The molecule has 8 nitrogen and oxygen atoms in total. The number of nitrogens with zero attached hydrogens (tertiary/aromatic N) is 3. The van der Waals surface area contributed by atoms with Crippen LogP contribution in [0, 0.1) is 0 Å². The number of carboxylic acid groups (broad SMARTS) is 1. The van der Waals surface area contributed by atoms with Gasteiger partial charge in [-0.2, -0.15) is 0 Å². The number of carboxylic acids is 1. The second-order valence-corrected chi connectivity index (χ2v) is 10.6. The molecule has 1 fully saturated rings. The minimum absolute atomic E-state index is 0.0139. The molecular weight excluding hydrogens is 494 g/mol. The van der Waals surface area contributed by atoms with E-state index in [2.05, 4.69) is 4.57 Å². The number of hydrogen-bond donors (Lipinski definition) is 1. The van der Waals surface area contributed by atoms with Crippen LogP contribution in [0.3, 0.4) is 0 Å². The standard InChI is InChI=1S/C31H33N3O5/c1-19-9-12-24-26(33(19)31(37)38-2)13-14-27-29(24)32-28(34(27)23-8-5-15-39-18-23)17-25(30(35)36)22-11-10-20-6-3-4-7-21(20)16-22/h3-4,6-7,10-11,13-14,16,19,23,25H,5,8-9,12,15,17-18H2,1-2H3,(H,35,36). The van der Waals surface area contributed by atoms with E-state index >= 15 is 0 Å². The number of aryl methyl sites for hydroxylation is 1. The summed E-state index contributed by atoms with van der Waals surface area (Å²) in [5.74, 6) is -0.897. The fourth-order valence-electron chi connectivity index (χ4n) is 6.26. The van der Waals surface area contributed by atoms with E-state index in [-0.39, 0.29) is 24.6 Å². The van der Waals surface area contributed by atoms with E-state index in [1.807, 2.05) is 61.5 Å². The fourth-order valence-corrected chi connectivity index (χ4v) is 6.26. The molecule has 6 rings (SSSR count). The van der Waals surface area contributed by atoms with Crippen LogP contribution in [0.25, 0.3) is 21.8 Å². The Morgan fingerprint density at radius 2 is 1.95 bits per heavy atom. The summed E-state index contributed by atoms with van der Waals surface area (Å²) in [6, 6.07) is 17.9. The summed E-state index contributed by atoms with van der Waals surface area (Å²) >= 11 is 0. The van der Waals surface area contributed by atoms with Crippen molar-refractivity contribution in [3.8, 4) is 0 Å². The normalized spacial score (nSPS) is 20.1. The van der Waals surface area contributed by atoms with Crippen molar-refractivity contribution >= 4 is 39.6 Å². The predicted octanol–water partition coefficient (Wildman–Crippen LogP) is 5.86. The number of fused-ring (bicyclic) bond motifs is 4. The lowest BCUT2D eigenvalue weighted by atomic mass is 9.93. The van der Waals surface area contributed by atoms with E-state index in [4.69, 9.17) is 14.5 Å². The summed E-state index contributed by atoms with van der Waals surface area (Å²) in [7, 11) is 1.40. The highest BCUT2D eigenvalue weighted by atomic mass is 16.5. The van der Waals surface area contributed by atoms with E-state index in [1.165, 1.54) is 7.11 Å². The van der Waals surface area contributed by atoms with Crippen LogP contribution in [0.15, 0.2) is 54.6 Å². The number of rotatable bonds is 5. The summed E-state index contributed by atoms with van der Waals surface area (Å²) in [5, 5.41) is 12.5. The molecule has 4 aromatic rings. The van der Waals surface area contributed by atoms with Crippen LogP contribution >= 0.6 is 0 Å². The molecule has 1 amide bonds. The molecule has 3 unspecified atom stereocenters. The van der Waals surface area contributed by atoms with E-state index in [0.29, 0.717) is 6.61 Å². The summed E-state index contributed by atoms with van der Waals surface area (Å²) < 4.78 is 13.1. The van der Waals surface area contributed by atoms with Gasteiger partial charge in [-0.25, -0.2) is 9.78 Å². The lowest BCUT2D eigenvalue weighted by Crippen LogP contribution is -2.42. The Morgan fingerprint density at radius 3 is 2.69 bits per heavy atom. The van der Waals surface area contributed by atoms with Gasteiger partial charge in [0.05, 0.1) is 42.4 Å². The van der Waals surface area contributed by atoms with Gasteiger partial charge in [0.1, 0.15) is 5.82 Å². The van der Waals surface area contributed by atoms with Crippen LogP contribution in [0.1, 0.15) is 55.1 Å². The van der Waals surface area contributed by atoms with Crippen LogP contribution < -0.4 is 4.90 Å². The van der Waals surface area contributed by atoms with Gasteiger partial charge in [-0.15, -0.1) is 0 Å². The second-order valence-electron chi connectivity index (χ2n) is 10.6. The number of methoxy groups -OCH3 is 1. The van der Waals surface area contributed by atoms with Crippen molar-refractivity contribution in [2.75, 3.05) is 25.2 Å². The lowest BCUT2D eigenvalue weighted by molar-refractivity contribution is -0.138. The smallest absolute Gasteiger partial charge is 0.414 e. The lowest BCUT2D eigenvalue weighted by Gasteiger charge is -2.34. The molecule has 3 heterocycles. The first-order valence-electron chi connectivity index (χ1n) is 13.7. The molecule has 0 saturated carbocycles. The monoisotopic (exact) mass is 527 g/mol. The zero-order valence-electron chi connectivity index (χ0n) is 22.3. The Hall–Kier alpha value is -3.91. The minimum Gasteiger partial charge on any atom is -0.481 e. The maximum absolute atomic E-state index is 12.7. The van der Waals surface area contributed by atoms with E-state index < -0.39 is 11.9 Å². The molecular formula is C31H33N3O5. The van der Waals surface area contributed by atoms with Gasteiger partial charge in [-0.1, -0.05) is 42.5 Å². The zero-order valence-corrected chi connectivity index (χ0v) is 22.3. The first-order valence-corrected chi connectivity index (χ1v) is 13.7. The van der Waals surface area contributed by atoms with Crippen LogP contribution in [0.2, 0.25) is 0 Å². The van der Waals surface area contributed by atoms with Crippen LogP contribution in [0.4, 0.5) is 10.5 Å². The fraction of sp³-hybridized carbons (Fsp3) is 0.387. The molecule has 8 heteroatoms. The predicted molar refractivity (Wildman–Crippen MR) is 150 cm³/mol. The van der Waals surface area contributed by atoms with Crippen molar-refractivity contribution in [1.29, 1.82) is 0 Å². The zero-order chi connectivity index (χ0) is 27.1. The van der Waals surface area contributed by atoms with Gasteiger partial charge in [-0.3, -0.25) is 9.69 Å². The van der Waals surface area contributed by atoms with Gasteiger partial charge in [0.2, 0.25) is 0 Å². The highest BCUT2D eigenvalue weighted by molar-refractivity contribution is 5.95. The van der Waals surface area contributed by atoms with Gasteiger partial charge >= 0.3 is 12.1 Å². The summed E-state index contributed by atoms with van der Waals surface area (Å²) in [6.45, 7) is 3.32. The first-order chi connectivity index (χ1) is 19.0. The number of ether oxygens (including phenoxy) is 2. The highest BCUT2D eigenvalue weighted by Crippen LogP contribution is 2.39. The van der Waals surface area contributed by atoms with Crippen LogP contribution in [0.5, 0.6) is 0 Å². The summed E-state index contributed by atoms with van der Waals surface area (Å²) in [5.41, 5.74) is 4.36. The quantitative estimate of drug-likeness (QED) is 0.349. The third-order valence-corrected chi connectivity index (χ3v) is 8.26. The Labute approximate surface area is 227 Å². The van der Waals surface area contributed by atoms with Gasteiger partial charge < -0.3 is 19.1 Å². The number of aliphatic carboxylic acids is 1. The van der Waals surface area contributed by atoms with Gasteiger partial charge in [0.25, 0.3) is 0 Å². The second kappa shape index (κ2) is 10.3. The topological polar surface area (TPSA) is 93.9 Å². The number of aromatic nitrogens is 2. The third-order valence-electron chi connectivity index (χ3n) is 8.26. The molecule has 2 aliphatic rings.